The molecule has 1 aromatic heterocycles. The van der Waals surface area contributed by atoms with Crippen molar-refractivity contribution in [1.82, 2.24) is 9.55 Å². The molecule has 2 nitrogen and oxygen atoms in total. The van der Waals surface area contributed by atoms with Crippen molar-refractivity contribution in [2.75, 3.05) is 0 Å². The quantitative estimate of drug-likeness (QED) is 0.728. The van der Waals surface area contributed by atoms with E-state index in [1.54, 1.807) is 0 Å². The number of hydrogen-bond acceptors (Lipinski definition) is 2. The number of fused-ring (bicyclic) bond motifs is 1. The Balaban J connectivity index is 2.19. The predicted octanol–water partition coefficient (Wildman–Crippen LogP) is 3.13. The number of rotatable bonds is 1. The Morgan fingerprint density at radius 1 is 1.40 bits per heavy atom. The molecule has 0 saturated heterocycles. The van der Waals surface area contributed by atoms with Gasteiger partial charge in [0.25, 0.3) is 0 Å². The fourth-order valence-electron chi connectivity index (χ4n) is 2.23. The lowest BCUT2D eigenvalue weighted by atomic mass is 9.85. The van der Waals surface area contributed by atoms with E-state index in [9.17, 15) is 0 Å². The summed E-state index contributed by atoms with van der Waals surface area (Å²) in [6.45, 7) is 0. The van der Waals surface area contributed by atoms with Gasteiger partial charge >= 0.3 is 0 Å². The van der Waals surface area contributed by atoms with Crippen molar-refractivity contribution in [3.8, 4) is 0 Å². The van der Waals surface area contributed by atoms with Crippen LogP contribution in [0.2, 0.25) is 0 Å². The lowest BCUT2D eigenvalue weighted by Crippen LogP contribution is -2.13. The first-order valence-electron chi connectivity index (χ1n) is 5.41. The Morgan fingerprint density at radius 2 is 2.20 bits per heavy atom. The van der Waals surface area contributed by atoms with Crippen LogP contribution in [-0.2, 0) is 7.05 Å². The van der Waals surface area contributed by atoms with Crippen LogP contribution >= 0.6 is 12.6 Å². The van der Waals surface area contributed by atoms with Crippen LogP contribution in [0.1, 0.15) is 31.0 Å². The summed E-state index contributed by atoms with van der Waals surface area (Å²) < 4.78 is 2.22. The first-order chi connectivity index (χ1) is 7.25. The number of benzene rings is 1. The van der Waals surface area contributed by atoms with Crippen molar-refractivity contribution in [2.24, 2.45) is 7.05 Å². The fourth-order valence-corrected chi connectivity index (χ4v) is 2.43. The molecule has 1 aliphatic rings. The third-order valence-corrected chi connectivity index (χ3v) is 3.65. The van der Waals surface area contributed by atoms with Gasteiger partial charge < -0.3 is 4.57 Å². The Kier molecular flexibility index (Phi) is 2.02. The zero-order chi connectivity index (χ0) is 10.4. The Morgan fingerprint density at radius 3 is 2.87 bits per heavy atom. The van der Waals surface area contributed by atoms with E-state index in [4.69, 9.17) is 4.98 Å². The first-order valence-corrected chi connectivity index (χ1v) is 5.86. The van der Waals surface area contributed by atoms with E-state index in [-0.39, 0.29) is 0 Å². The van der Waals surface area contributed by atoms with Crippen LogP contribution in [0.4, 0.5) is 0 Å². The molecule has 1 aromatic carbocycles. The maximum Gasteiger partial charge on any atom is 0.112 e. The lowest BCUT2D eigenvalue weighted by Gasteiger charge is -2.24. The van der Waals surface area contributed by atoms with Crippen LogP contribution in [0.3, 0.4) is 0 Å². The van der Waals surface area contributed by atoms with Crippen LogP contribution in [-0.4, -0.2) is 9.55 Å². The maximum absolute atomic E-state index is 4.70. The molecule has 3 rings (SSSR count). The van der Waals surface area contributed by atoms with E-state index < -0.39 is 0 Å². The van der Waals surface area contributed by atoms with Crippen molar-refractivity contribution in [1.29, 1.82) is 0 Å². The first kappa shape index (κ1) is 9.28. The molecule has 15 heavy (non-hydrogen) atoms. The van der Waals surface area contributed by atoms with Crippen LogP contribution in [0.5, 0.6) is 0 Å². The topological polar surface area (TPSA) is 17.8 Å². The molecule has 0 unspecified atom stereocenters. The Hall–Kier alpha value is -0.960. The van der Waals surface area contributed by atoms with Crippen molar-refractivity contribution < 1.29 is 0 Å². The van der Waals surface area contributed by atoms with E-state index in [0.29, 0.717) is 5.92 Å². The molecular formula is C12H14N2S. The Labute approximate surface area is 94.7 Å². The van der Waals surface area contributed by atoms with Gasteiger partial charge in [-0.3, -0.25) is 0 Å². The second-order valence-electron chi connectivity index (χ2n) is 4.33. The molecule has 0 spiro atoms. The second kappa shape index (κ2) is 3.27. The molecule has 2 aromatic rings. The average Bonchev–Trinajstić information content (AvgIpc) is 2.43. The molecule has 0 aliphatic heterocycles. The summed E-state index contributed by atoms with van der Waals surface area (Å²) in [5.74, 6) is 1.93. The predicted molar refractivity (Wildman–Crippen MR) is 64.6 cm³/mol. The van der Waals surface area contributed by atoms with Crippen molar-refractivity contribution >= 4 is 23.7 Å². The number of thiol groups is 1. The molecule has 78 valence electrons. The zero-order valence-corrected chi connectivity index (χ0v) is 9.67. The smallest absolute Gasteiger partial charge is 0.112 e. The number of imidazole rings is 1. The average molecular weight is 218 g/mol. The minimum Gasteiger partial charge on any atom is -0.331 e. The number of hydrogen-bond donors (Lipinski definition) is 1. The largest absolute Gasteiger partial charge is 0.331 e. The molecular weight excluding hydrogens is 204 g/mol. The highest BCUT2D eigenvalue weighted by Gasteiger charge is 2.24. The van der Waals surface area contributed by atoms with E-state index in [2.05, 4.69) is 36.4 Å². The minimum absolute atomic E-state index is 0.686. The molecule has 0 bridgehead atoms. The third kappa shape index (κ3) is 1.37. The number of aryl methyl sites for hydroxylation is 1. The summed E-state index contributed by atoms with van der Waals surface area (Å²) in [6.07, 6.45) is 3.95. The maximum atomic E-state index is 4.70. The van der Waals surface area contributed by atoms with E-state index in [1.807, 2.05) is 6.07 Å². The normalized spacial score (nSPS) is 16.9. The molecule has 1 aliphatic carbocycles. The molecule has 0 N–H and O–H groups in total. The van der Waals surface area contributed by atoms with Gasteiger partial charge in [0.15, 0.2) is 0 Å². The van der Waals surface area contributed by atoms with Gasteiger partial charge in [0, 0.05) is 17.9 Å². The summed E-state index contributed by atoms with van der Waals surface area (Å²) in [4.78, 5) is 5.71. The summed E-state index contributed by atoms with van der Waals surface area (Å²) in [5.41, 5.74) is 2.29. The molecule has 0 atom stereocenters. The van der Waals surface area contributed by atoms with E-state index >= 15 is 0 Å². The molecule has 1 fully saturated rings. The Bertz CT molecular complexity index is 512. The zero-order valence-electron chi connectivity index (χ0n) is 8.77. The highest BCUT2D eigenvalue weighted by atomic mass is 32.1. The molecule has 1 saturated carbocycles. The van der Waals surface area contributed by atoms with Gasteiger partial charge in [0.05, 0.1) is 11.0 Å². The molecule has 1 heterocycles. The highest BCUT2D eigenvalue weighted by Crippen LogP contribution is 2.36. The monoisotopic (exact) mass is 218 g/mol. The van der Waals surface area contributed by atoms with Gasteiger partial charge in [-0.15, -0.1) is 12.6 Å². The minimum atomic E-state index is 0.686. The summed E-state index contributed by atoms with van der Waals surface area (Å²) in [5, 5.41) is 0. The van der Waals surface area contributed by atoms with E-state index in [1.165, 1.54) is 30.6 Å². The van der Waals surface area contributed by atoms with Crippen LogP contribution in [0.25, 0.3) is 11.0 Å². The van der Waals surface area contributed by atoms with Crippen molar-refractivity contribution in [3.05, 3.63) is 24.0 Å². The van der Waals surface area contributed by atoms with Crippen LogP contribution < -0.4 is 0 Å². The summed E-state index contributed by atoms with van der Waals surface area (Å²) in [6, 6.07) is 6.15. The van der Waals surface area contributed by atoms with Gasteiger partial charge in [0.2, 0.25) is 0 Å². The fraction of sp³-hybridized carbons (Fsp3) is 0.417. The van der Waals surface area contributed by atoms with E-state index in [0.717, 1.165) is 10.4 Å². The third-order valence-electron chi connectivity index (χ3n) is 3.37. The van der Waals surface area contributed by atoms with Crippen LogP contribution in [0.15, 0.2) is 23.1 Å². The summed E-state index contributed by atoms with van der Waals surface area (Å²) in [7, 11) is 2.11. The molecule has 3 heteroatoms. The standard InChI is InChI=1S/C12H14N2S/c1-14-11-7-9(15)5-6-10(11)13-12(14)8-3-2-4-8/h5-8,15H,2-4H2,1H3. The number of nitrogens with zero attached hydrogens (tertiary/aromatic N) is 2. The second-order valence-corrected chi connectivity index (χ2v) is 4.85. The van der Waals surface area contributed by atoms with Crippen LogP contribution in [0, 0.1) is 0 Å². The number of aromatic nitrogens is 2. The van der Waals surface area contributed by atoms with Gasteiger partial charge in [0.1, 0.15) is 5.82 Å². The molecule has 0 radical (unpaired) electrons. The highest BCUT2D eigenvalue weighted by molar-refractivity contribution is 7.80. The van der Waals surface area contributed by atoms with Gasteiger partial charge in [-0.1, -0.05) is 6.42 Å². The van der Waals surface area contributed by atoms with Gasteiger partial charge in [-0.05, 0) is 31.0 Å². The lowest BCUT2D eigenvalue weighted by molar-refractivity contribution is 0.394. The van der Waals surface area contributed by atoms with Gasteiger partial charge in [-0.2, -0.15) is 0 Å². The summed E-state index contributed by atoms with van der Waals surface area (Å²) >= 11 is 4.36. The SMILES string of the molecule is Cn1c(C2CCC2)nc2ccc(S)cc21. The van der Waals surface area contributed by atoms with Gasteiger partial charge in [-0.25, -0.2) is 4.98 Å². The van der Waals surface area contributed by atoms with Crippen molar-refractivity contribution in [2.45, 2.75) is 30.1 Å². The molecule has 0 amide bonds. The van der Waals surface area contributed by atoms with Crippen molar-refractivity contribution in [3.63, 3.8) is 0 Å².